The number of hydrogen-bond acceptors (Lipinski definition) is 6. The van der Waals surface area contributed by atoms with Gasteiger partial charge in [-0.2, -0.15) is 4.98 Å². The van der Waals surface area contributed by atoms with E-state index in [4.69, 9.17) is 14.0 Å². The minimum atomic E-state index is -0.199. The summed E-state index contributed by atoms with van der Waals surface area (Å²) in [6, 6.07) is 23.6. The summed E-state index contributed by atoms with van der Waals surface area (Å²) in [5, 5.41) is 6.74. The predicted molar refractivity (Wildman–Crippen MR) is 110 cm³/mol. The average Bonchev–Trinajstić information content (AvgIpc) is 3.28. The van der Waals surface area contributed by atoms with E-state index in [0.29, 0.717) is 28.8 Å². The van der Waals surface area contributed by atoms with Crippen LogP contribution in [0, 0.1) is 0 Å². The summed E-state index contributed by atoms with van der Waals surface area (Å²) in [7, 11) is 1.62. The quantitative estimate of drug-likeness (QED) is 0.492. The van der Waals surface area contributed by atoms with Crippen molar-refractivity contribution in [2.24, 2.45) is 0 Å². The molecule has 1 heterocycles. The highest BCUT2D eigenvalue weighted by molar-refractivity contribution is 5.93. The van der Waals surface area contributed by atoms with Crippen LogP contribution >= 0.6 is 0 Å². The molecule has 0 aliphatic carbocycles. The highest BCUT2D eigenvalue weighted by atomic mass is 16.5. The Morgan fingerprint density at radius 1 is 0.900 bits per heavy atom. The molecule has 4 rings (SSSR count). The van der Waals surface area contributed by atoms with Gasteiger partial charge in [-0.25, -0.2) is 0 Å². The number of carbonyl (C=O) groups excluding carboxylic acids is 1. The molecule has 1 aromatic heterocycles. The van der Waals surface area contributed by atoms with Crippen molar-refractivity contribution in [3.05, 3.63) is 90.3 Å². The molecule has 7 nitrogen and oxygen atoms in total. The third-order valence-electron chi connectivity index (χ3n) is 4.31. The van der Waals surface area contributed by atoms with Crippen molar-refractivity contribution in [3.63, 3.8) is 0 Å². The minimum Gasteiger partial charge on any atom is -0.497 e. The molecule has 0 atom stereocenters. The van der Waals surface area contributed by atoms with Gasteiger partial charge in [-0.15, -0.1) is 0 Å². The molecule has 0 bridgehead atoms. The van der Waals surface area contributed by atoms with Crippen LogP contribution in [-0.4, -0.2) is 23.2 Å². The van der Waals surface area contributed by atoms with Crippen LogP contribution in [0.1, 0.15) is 16.2 Å². The van der Waals surface area contributed by atoms with E-state index < -0.39 is 0 Å². The van der Waals surface area contributed by atoms with Crippen LogP contribution in [-0.2, 0) is 6.54 Å². The molecule has 0 aliphatic rings. The van der Waals surface area contributed by atoms with Crippen LogP contribution in [0.5, 0.6) is 17.2 Å². The van der Waals surface area contributed by atoms with E-state index in [1.54, 1.807) is 19.2 Å². The van der Waals surface area contributed by atoms with Crippen molar-refractivity contribution in [1.82, 2.24) is 15.5 Å². The molecule has 1 N–H and O–H groups in total. The van der Waals surface area contributed by atoms with Crippen LogP contribution in [0.15, 0.2) is 83.4 Å². The maximum absolute atomic E-state index is 12.1. The molecule has 4 aromatic rings. The van der Waals surface area contributed by atoms with Gasteiger partial charge in [-0.05, 0) is 60.7 Å². The summed E-state index contributed by atoms with van der Waals surface area (Å²) in [6.45, 7) is 0.152. The standard InChI is InChI=1S/C23H19N3O4/c1-28-18-11-13-20(14-12-18)29-19-9-7-16(8-10-19)22-25-21(30-26-22)15-24-23(27)17-5-3-2-4-6-17/h2-14H,15H2,1H3,(H,24,27). The largest absolute Gasteiger partial charge is 0.497 e. The number of nitrogens with one attached hydrogen (secondary N) is 1. The molecule has 0 fully saturated rings. The Morgan fingerprint density at radius 3 is 2.20 bits per heavy atom. The van der Waals surface area contributed by atoms with Crippen molar-refractivity contribution < 1.29 is 18.8 Å². The van der Waals surface area contributed by atoms with Gasteiger partial charge in [0.1, 0.15) is 17.2 Å². The lowest BCUT2D eigenvalue weighted by Crippen LogP contribution is -2.22. The number of benzene rings is 3. The Morgan fingerprint density at radius 2 is 1.53 bits per heavy atom. The highest BCUT2D eigenvalue weighted by Crippen LogP contribution is 2.26. The first-order valence-electron chi connectivity index (χ1n) is 9.29. The van der Waals surface area contributed by atoms with Gasteiger partial charge in [0.05, 0.1) is 13.7 Å². The third-order valence-corrected chi connectivity index (χ3v) is 4.31. The van der Waals surface area contributed by atoms with Gasteiger partial charge in [0.15, 0.2) is 0 Å². The first kappa shape index (κ1) is 19.2. The Balaban J connectivity index is 1.36. The van der Waals surface area contributed by atoms with Crippen molar-refractivity contribution in [1.29, 1.82) is 0 Å². The lowest BCUT2D eigenvalue weighted by Gasteiger charge is -2.06. The van der Waals surface area contributed by atoms with Crippen LogP contribution < -0.4 is 14.8 Å². The minimum absolute atomic E-state index is 0.152. The SMILES string of the molecule is COc1ccc(Oc2ccc(-c3noc(CNC(=O)c4ccccc4)n3)cc2)cc1. The topological polar surface area (TPSA) is 86.5 Å². The molecule has 0 saturated heterocycles. The number of aromatic nitrogens is 2. The molecular weight excluding hydrogens is 382 g/mol. The van der Waals surface area contributed by atoms with E-state index in [9.17, 15) is 4.79 Å². The fourth-order valence-electron chi connectivity index (χ4n) is 2.74. The summed E-state index contributed by atoms with van der Waals surface area (Å²) < 4.78 is 16.2. The lowest BCUT2D eigenvalue weighted by atomic mass is 10.2. The molecule has 3 aromatic carbocycles. The molecule has 0 aliphatic heterocycles. The van der Waals surface area contributed by atoms with Crippen LogP contribution in [0.4, 0.5) is 0 Å². The molecule has 1 amide bonds. The maximum atomic E-state index is 12.1. The molecule has 30 heavy (non-hydrogen) atoms. The van der Waals surface area contributed by atoms with Gasteiger partial charge >= 0.3 is 0 Å². The van der Waals surface area contributed by atoms with Gasteiger partial charge < -0.3 is 19.3 Å². The third kappa shape index (κ3) is 4.64. The summed E-state index contributed by atoms with van der Waals surface area (Å²) in [6.07, 6.45) is 0. The smallest absolute Gasteiger partial charge is 0.251 e. The van der Waals surface area contributed by atoms with E-state index in [1.807, 2.05) is 66.7 Å². The zero-order valence-corrected chi connectivity index (χ0v) is 16.2. The molecule has 7 heteroatoms. The number of ether oxygens (including phenoxy) is 2. The van der Waals surface area contributed by atoms with Gasteiger partial charge in [0.25, 0.3) is 5.91 Å². The molecular formula is C23H19N3O4. The van der Waals surface area contributed by atoms with Gasteiger partial charge in [0.2, 0.25) is 11.7 Å². The molecule has 150 valence electrons. The number of nitrogens with zero attached hydrogens (tertiary/aromatic N) is 2. The number of rotatable bonds is 7. The van der Waals surface area contributed by atoms with E-state index in [-0.39, 0.29) is 12.5 Å². The Hall–Kier alpha value is -4.13. The summed E-state index contributed by atoms with van der Waals surface area (Å²) in [5.41, 5.74) is 1.35. The van der Waals surface area contributed by atoms with Gasteiger partial charge in [-0.3, -0.25) is 4.79 Å². The van der Waals surface area contributed by atoms with Crippen LogP contribution in [0.3, 0.4) is 0 Å². The Kier molecular flexibility index (Phi) is 5.70. The van der Waals surface area contributed by atoms with Gasteiger partial charge in [-0.1, -0.05) is 23.4 Å². The monoisotopic (exact) mass is 401 g/mol. The van der Waals surface area contributed by atoms with E-state index in [0.717, 1.165) is 11.3 Å². The van der Waals surface area contributed by atoms with Crippen molar-refractivity contribution in [2.45, 2.75) is 6.54 Å². The summed E-state index contributed by atoms with van der Waals surface area (Å²) in [4.78, 5) is 16.4. The van der Waals surface area contributed by atoms with Crippen LogP contribution in [0.25, 0.3) is 11.4 Å². The lowest BCUT2D eigenvalue weighted by molar-refractivity contribution is 0.0946. The van der Waals surface area contributed by atoms with E-state index in [2.05, 4.69) is 15.5 Å². The zero-order valence-electron chi connectivity index (χ0n) is 16.2. The second kappa shape index (κ2) is 8.91. The maximum Gasteiger partial charge on any atom is 0.251 e. The number of carbonyl (C=O) groups is 1. The van der Waals surface area contributed by atoms with E-state index >= 15 is 0 Å². The normalized spacial score (nSPS) is 10.4. The van der Waals surface area contributed by atoms with Crippen molar-refractivity contribution in [3.8, 4) is 28.6 Å². The zero-order chi connectivity index (χ0) is 20.8. The Bertz CT molecular complexity index is 1110. The van der Waals surface area contributed by atoms with Crippen LogP contribution in [0.2, 0.25) is 0 Å². The summed E-state index contributed by atoms with van der Waals surface area (Å²) >= 11 is 0. The Labute approximate surface area is 173 Å². The summed E-state index contributed by atoms with van der Waals surface area (Å²) in [5.74, 6) is 2.73. The van der Waals surface area contributed by atoms with E-state index in [1.165, 1.54) is 0 Å². The van der Waals surface area contributed by atoms with Crippen molar-refractivity contribution in [2.75, 3.05) is 7.11 Å². The number of methoxy groups -OCH3 is 1. The first-order valence-corrected chi connectivity index (χ1v) is 9.29. The second-order valence-electron chi connectivity index (χ2n) is 6.36. The molecule has 0 saturated carbocycles. The number of amides is 1. The predicted octanol–water partition coefficient (Wildman–Crippen LogP) is 4.47. The highest BCUT2D eigenvalue weighted by Gasteiger charge is 2.11. The van der Waals surface area contributed by atoms with Crippen molar-refractivity contribution >= 4 is 5.91 Å². The number of hydrogen-bond donors (Lipinski definition) is 1. The van der Waals surface area contributed by atoms with Gasteiger partial charge in [0, 0.05) is 11.1 Å². The second-order valence-corrected chi connectivity index (χ2v) is 6.36. The molecule has 0 unspecified atom stereocenters. The molecule has 0 spiro atoms. The fourth-order valence-corrected chi connectivity index (χ4v) is 2.74. The first-order chi connectivity index (χ1) is 14.7. The fraction of sp³-hybridized carbons (Fsp3) is 0.0870. The molecule has 0 radical (unpaired) electrons. The average molecular weight is 401 g/mol.